The van der Waals surface area contributed by atoms with Crippen LogP contribution in [-0.4, -0.2) is 39.6 Å². The summed E-state index contributed by atoms with van der Waals surface area (Å²) >= 11 is 0. The summed E-state index contributed by atoms with van der Waals surface area (Å²) in [6.45, 7) is 5.52. The number of amides is 1. The first kappa shape index (κ1) is 21.8. The third-order valence-corrected chi connectivity index (χ3v) is 5.00. The smallest absolute Gasteiger partial charge is 0.311 e. The molecule has 31 heavy (non-hydrogen) atoms. The van der Waals surface area contributed by atoms with E-state index in [4.69, 9.17) is 10.5 Å². The minimum Gasteiger partial charge on any atom is -0.469 e. The maximum atomic E-state index is 12.7. The van der Waals surface area contributed by atoms with Crippen LogP contribution in [0.15, 0.2) is 67.9 Å². The number of rotatable bonds is 8. The van der Waals surface area contributed by atoms with Gasteiger partial charge in [-0.05, 0) is 42.7 Å². The fourth-order valence-electron chi connectivity index (χ4n) is 3.23. The normalized spacial score (nSPS) is 12.6. The Balaban J connectivity index is 1.72. The van der Waals surface area contributed by atoms with Crippen LogP contribution in [0.3, 0.4) is 0 Å². The van der Waals surface area contributed by atoms with E-state index in [1.54, 1.807) is 42.3 Å². The molecule has 1 amide bonds. The monoisotopic (exact) mass is 419 g/mol. The van der Waals surface area contributed by atoms with E-state index in [2.05, 4.69) is 21.9 Å². The van der Waals surface area contributed by atoms with Crippen LogP contribution >= 0.6 is 0 Å². The van der Waals surface area contributed by atoms with Gasteiger partial charge in [0.1, 0.15) is 12.1 Å². The number of hydrogen-bond donors (Lipinski definition) is 2. The minimum atomic E-state index is -0.576. The van der Waals surface area contributed by atoms with Crippen molar-refractivity contribution in [3.05, 3.63) is 84.6 Å². The second kappa shape index (κ2) is 9.71. The molecule has 2 heterocycles. The van der Waals surface area contributed by atoms with E-state index in [1.807, 2.05) is 24.3 Å². The van der Waals surface area contributed by atoms with E-state index < -0.39 is 17.9 Å². The second-order valence-corrected chi connectivity index (χ2v) is 7.20. The van der Waals surface area contributed by atoms with Crippen LogP contribution in [0, 0.1) is 5.92 Å². The molecule has 2 aromatic heterocycles. The number of nitrogens with one attached hydrogen (secondary N) is 1. The second-order valence-electron chi connectivity index (χ2n) is 7.20. The van der Waals surface area contributed by atoms with E-state index in [0.717, 1.165) is 11.1 Å². The van der Waals surface area contributed by atoms with E-state index in [1.165, 1.54) is 13.3 Å². The molecule has 2 atom stereocenters. The van der Waals surface area contributed by atoms with Crippen molar-refractivity contribution in [1.82, 2.24) is 19.9 Å². The molecule has 1 aromatic carbocycles. The predicted molar refractivity (Wildman–Crippen MR) is 117 cm³/mol. The third-order valence-electron chi connectivity index (χ3n) is 5.00. The SMILES string of the molecule is C=C(N)c1cccc(CC(C(=O)OC)C(C)NC(=O)c2ccc(-n3ccnc3)nc2)c1. The largest absolute Gasteiger partial charge is 0.469 e. The van der Waals surface area contributed by atoms with Crippen LogP contribution in [0.4, 0.5) is 0 Å². The Labute approximate surface area is 180 Å². The highest BCUT2D eigenvalue weighted by Crippen LogP contribution is 2.18. The maximum absolute atomic E-state index is 12.7. The summed E-state index contributed by atoms with van der Waals surface area (Å²) in [5, 5.41) is 2.88. The molecule has 0 radical (unpaired) electrons. The molecule has 0 saturated heterocycles. The first-order chi connectivity index (χ1) is 14.9. The Morgan fingerprint density at radius 1 is 1.26 bits per heavy atom. The number of ether oxygens (including phenoxy) is 1. The molecule has 0 aliphatic rings. The first-order valence-electron chi connectivity index (χ1n) is 9.75. The number of carbonyl (C=O) groups excluding carboxylic acids is 2. The van der Waals surface area contributed by atoms with Gasteiger partial charge < -0.3 is 15.8 Å². The van der Waals surface area contributed by atoms with Crippen molar-refractivity contribution in [2.75, 3.05) is 7.11 Å². The van der Waals surface area contributed by atoms with Gasteiger partial charge in [-0.1, -0.05) is 24.8 Å². The highest BCUT2D eigenvalue weighted by Gasteiger charge is 2.28. The number of carbonyl (C=O) groups is 2. The average molecular weight is 419 g/mol. The molecule has 8 nitrogen and oxygen atoms in total. The van der Waals surface area contributed by atoms with Gasteiger partial charge >= 0.3 is 5.97 Å². The fraction of sp³-hybridized carbons (Fsp3) is 0.217. The number of pyridine rings is 1. The molecule has 0 fully saturated rings. The summed E-state index contributed by atoms with van der Waals surface area (Å²) < 4.78 is 6.71. The summed E-state index contributed by atoms with van der Waals surface area (Å²) in [5.74, 6) is -0.655. The molecule has 0 saturated carbocycles. The van der Waals surface area contributed by atoms with Gasteiger partial charge in [-0.15, -0.1) is 0 Å². The molecule has 8 heteroatoms. The lowest BCUT2D eigenvalue weighted by Gasteiger charge is -2.23. The maximum Gasteiger partial charge on any atom is 0.311 e. The van der Waals surface area contributed by atoms with Gasteiger partial charge in [0.05, 0.1) is 18.6 Å². The Hall–Kier alpha value is -3.94. The average Bonchev–Trinajstić information content (AvgIpc) is 3.32. The van der Waals surface area contributed by atoms with Crippen LogP contribution in [0.1, 0.15) is 28.4 Å². The molecule has 0 bridgehead atoms. The summed E-state index contributed by atoms with van der Waals surface area (Å²) in [6.07, 6.45) is 6.91. The summed E-state index contributed by atoms with van der Waals surface area (Å²) in [5.41, 5.74) is 8.30. The lowest BCUT2D eigenvalue weighted by molar-refractivity contribution is -0.146. The number of benzene rings is 1. The van der Waals surface area contributed by atoms with Crippen LogP contribution in [-0.2, 0) is 16.0 Å². The van der Waals surface area contributed by atoms with E-state index in [0.29, 0.717) is 23.5 Å². The molecule has 0 aliphatic carbocycles. The van der Waals surface area contributed by atoms with Gasteiger partial charge in [0.25, 0.3) is 5.91 Å². The van der Waals surface area contributed by atoms with Crippen molar-refractivity contribution >= 4 is 17.6 Å². The number of nitrogens with zero attached hydrogens (tertiary/aromatic N) is 3. The van der Waals surface area contributed by atoms with E-state index in [9.17, 15) is 9.59 Å². The quantitative estimate of drug-likeness (QED) is 0.542. The lowest BCUT2D eigenvalue weighted by atomic mass is 9.92. The Kier molecular flexibility index (Phi) is 6.81. The van der Waals surface area contributed by atoms with E-state index in [-0.39, 0.29) is 5.91 Å². The summed E-state index contributed by atoms with van der Waals surface area (Å²) in [4.78, 5) is 33.4. The number of esters is 1. The van der Waals surface area contributed by atoms with E-state index >= 15 is 0 Å². The van der Waals surface area contributed by atoms with Crippen LogP contribution in [0.2, 0.25) is 0 Å². The zero-order valence-electron chi connectivity index (χ0n) is 17.5. The molecule has 3 aromatic rings. The molecule has 2 unspecified atom stereocenters. The molecular formula is C23H25N5O3. The van der Waals surface area contributed by atoms with Crippen LogP contribution < -0.4 is 11.1 Å². The zero-order chi connectivity index (χ0) is 22.4. The molecular weight excluding hydrogens is 394 g/mol. The predicted octanol–water partition coefficient (Wildman–Crippen LogP) is 2.35. The first-order valence-corrected chi connectivity index (χ1v) is 9.75. The molecule has 0 aliphatic heterocycles. The van der Waals surface area contributed by atoms with Gasteiger partial charge in [0, 0.05) is 30.3 Å². The standard InChI is InChI=1S/C23H25N5O3/c1-15(24)18-6-4-5-17(11-18)12-20(23(30)31-3)16(2)27-22(29)19-7-8-21(26-13-19)28-10-9-25-14-28/h4-11,13-14,16,20H,1,12,24H2,2-3H3,(H,27,29). The molecule has 3 rings (SSSR count). The van der Waals surface area contributed by atoms with Crippen molar-refractivity contribution < 1.29 is 14.3 Å². The van der Waals surface area contributed by atoms with Crippen LogP contribution in [0.25, 0.3) is 11.5 Å². The minimum absolute atomic E-state index is 0.324. The summed E-state index contributed by atoms with van der Waals surface area (Å²) in [7, 11) is 1.33. The Morgan fingerprint density at radius 3 is 2.68 bits per heavy atom. The fourth-order valence-corrected chi connectivity index (χ4v) is 3.23. The Bertz CT molecular complexity index is 1060. The summed E-state index contributed by atoms with van der Waals surface area (Å²) in [6, 6.07) is 10.4. The van der Waals surface area contributed by atoms with Gasteiger partial charge in [0.15, 0.2) is 0 Å². The van der Waals surface area contributed by atoms with Crippen molar-refractivity contribution in [3.63, 3.8) is 0 Å². The van der Waals surface area contributed by atoms with Gasteiger partial charge in [-0.25, -0.2) is 9.97 Å². The number of aromatic nitrogens is 3. The molecule has 0 spiro atoms. The highest BCUT2D eigenvalue weighted by molar-refractivity contribution is 5.94. The van der Waals surface area contributed by atoms with Crippen molar-refractivity contribution in [2.24, 2.45) is 11.7 Å². The van der Waals surface area contributed by atoms with Crippen molar-refractivity contribution in [1.29, 1.82) is 0 Å². The topological polar surface area (TPSA) is 112 Å². The number of imidazole rings is 1. The van der Waals surface area contributed by atoms with Gasteiger partial charge in [-0.3, -0.25) is 14.2 Å². The molecule has 3 N–H and O–H groups in total. The number of hydrogen-bond acceptors (Lipinski definition) is 6. The zero-order valence-corrected chi connectivity index (χ0v) is 17.5. The number of methoxy groups -OCH3 is 1. The highest BCUT2D eigenvalue weighted by atomic mass is 16.5. The lowest BCUT2D eigenvalue weighted by Crippen LogP contribution is -2.42. The van der Waals surface area contributed by atoms with Gasteiger partial charge in [-0.2, -0.15) is 0 Å². The van der Waals surface area contributed by atoms with Gasteiger partial charge in [0.2, 0.25) is 0 Å². The van der Waals surface area contributed by atoms with Crippen molar-refractivity contribution in [2.45, 2.75) is 19.4 Å². The molecule has 160 valence electrons. The third kappa shape index (κ3) is 5.36. The Morgan fingerprint density at radius 2 is 2.06 bits per heavy atom. The van der Waals surface area contributed by atoms with Crippen molar-refractivity contribution in [3.8, 4) is 5.82 Å². The number of nitrogens with two attached hydrogens (primary N) is 1. The van der Waals surface area contributed by atoms with Crippen LogP contribution in [0.5, 0.6) is 0 Å².